The summed E-state index contributed by atoms with van der Waals surface area (Å²) in [7, 11) is 0. The van der Waals surface area contributed by atoms with Crippen molar-refractivity contribution < 1.29 is 9.53 Å². The normalized spacial score (nSPS) is 17.0. The van der Waals surface area contributed by atoms with Gasteiger partial charge in [-0.15, -0.1) is 0 Å². The number of esters is 1. The highest BCUT2D eigenvalue weighted by atomic mass is 16.5. The minimum Gasteiger partial charge on any atom is -0.431 e. The third kappa shape index (κ3) is 5.03. The molecule has 3 rings (SSSR count). The molecule has 0 radical (unpaired) electrons. The summed E-state index contributed by atoms with van der Waals surface area (Å²) in [4.78, 5) is 12.3. The number of ether oxygens (including phenoxy) is 1. The maximum Gasteiger partial charge on any atom is 0.342 e. The maximum absolute atomic E-state index is 12.3. The summed E-state index contributed by atoms with van der Waals surface area (Å²) in [6.07, 6.45) is 10.6. The lowest BCUT2D eigenvalue weighted by molar-refractivity contribution is 0.0665. The van der Waals surface area contributed by atoms with Gasteiger partial charge in [0.1, 0.15) is 0 Å². The SMILES string of the molecule is CCCCCc1cc2c(cc1C=COC(=O)c1ccccc1)C(C)(C)CCC2(C)C. The van der Waals surface area contributed by atoms with E-state index < -0.39 is 0 Å². The van der Waals surface area contributed by atoms with Crippen molar-refractivity contribution in [2.75, 3.05) is 0 Å². The minimum atomic E-state index is -0.321. The van der Waals surface area contributed by atoms with Crippen LogP contribution in [0.2, 0.25) is 0 Å². The fraction of sp³-hybridized carbons (Fsp3) is 0.464. The van der Waals surface area contributed by atoms with Gasteiger partial charge in [-0.1, -0.05) is 77.8 Å². The van der Waals surface area contributed by atoms with E-state index in [1.54, 1.807) is 18.4 Å². The predicted octanol–water partition coefficient (Wildman–Crippen LogP) is 7.60. The van der Waals surface area contributed by atoms with Crippen molar-refractivity contribution in [1.29, 1.82) is 0 Å². The Bertz CT molecular complexity index is 904. The number of rotatable bonds is 7. The molecule has 0 atom stereocenters. The lowest BCUT2D eigenvalue weighted by Crippen LogP contribution is -2.34. The Kier molecular flexibility index (Phi) is 6.85. The van der Waals surface area contributed by atoms with Gasteiger partial charge < -0.3 is 4.74 Å². The van der Waals surface area contributed by atoms with Crippen LogP contribution in [0.4, 0.5) is 0 Å². The van der Waals surface area contributed by atoms with Crippen LogP contribution in [0.25, 0.3) is 6.08 Å². The van der Waals surface area contributed by atoms with Gasteiger partial charge in [0.25, 0.3) is 0 Å². The van der Waals surface area contributed by atoms with Crippen LogP contribution in [0.5, 0.6) is 0 Å². The predicted molar refractivity (Wildman–Crippen MR) is 126 cm³/mol. The molecule has 0 fully saturated rings. The van der Waals surface area contributed by atoms with Crippen LogP contribution in [0.1, 0.15) is 99.3 Å². The third-order valence-electron chi connectivity index (χ3n) is 6.59. The fourth-order valence-corrected chi connectivity index (χ4v) is 4.42. The van der Waals surface area contributed by atoms with E-state index in [0.29, 0.717) is 5.56 Å². The van der Waals surface area contributed by atoms with Crippen LogP contribution in [0.15, 0.2) is 48.7 Å². The average molecular weight is 405 g/mol. The summed E-state index contributed by atoms with van der Waals surface area (Å²) < 4.78 is 5.43. The molecule has 160 valence electrons. The molecule has 1 aliphatic carbocycles. The third-order valence-corrected chi connectivity index (χ3v) is 6.59. The second-order valence-electron chi connectivity index (χ2n) is 9.90. The molecule has 30 heavy (non-hydrogen) atoms. The van der Waals surface area contributed by atoms with Gasteiger partial charge in [0, 0.05) is 0 Å². The Morgan fingerprint density at radius 2 is 1.60 bits per heavy atom. The van der Waals surface area contributed by atoms with Crippen molar-refractivity contribution in [2.24, 2.45) is 0 Å². The molecule has 0 saturated carbocycles. The molecule has 0 spiro atoms. The summed E-state index contributed by atoms with van der Waals surface area (Å²) in [5.74, 6) is -0.321. The summed E-state index contributed by atoms with van der Waals surface area (Å²) in [5.41, 5.74) is 6.40. The molecule has 2 aromatic carbocycles. The Morgan fingerprint density at radius 1 is 0.967 bits per heavy atom. The monoisotopic (exact) mass is 404 g/mol. The summed E-state index contributed by atoms with van der Waals surface area (Å²) in [6, 6.07) is 13.9. The standard InChI is InChI=1S/C28H36O2/c1-6-7-9-14-22-19-24-25(28(4,5)17-16-27(24,2)3)20-23(22)15-18-30-26(29)21-12-10-8-11-13-21/h8,10-13,15,18-20H,6-7,9,14,16-17H2,1-5H3. The van der Waals surface area contributed by atoms with Crippen LogP contribution < -0.4 is 0 Å². The van der Waals surface area contributed by atoms with Crippen LogP contribution in [0, 0.1) is 0 Å². The number of unbranched alkanes of at least 4 members (excludes halogenated alkanes) is 2. The number of hydrogen-bond donors (Lipinski definition) is 0. The molecule has 0 aromatic heterocycles. The number of aryl methyl sites for hydroxylation is 1. The van der Waals surface area contributed by atoms with E-state index in [4.69, 9.17) is 4.74 Å². The van der Waals surface area contributed by atoms with E-state index >= 15 is 0 Å². The first kappa shape index (κ1) is 22.3. The second-order valence-corrected chi connectivity index (χ2v) is 9.90. The second kappa shape index (κ2) is 9.20. The highest BCUT2D eigenvalue weighted by Gasteiger charge is 2.37. The highest BCUT2D eigenvalue weighted by molar-refractivity contribution is 5.89. The number of carbonyl (C=O) groups is 1. The summed E-state index contributed by atoms with van der Waals surface area (Å²) in [5, 5.41) is 0. The molecule has 2 heteroatoms. The Hall–Kier alpha value is -2.35. The van der Waals surface area contributed by atoms with Crippen molar-refractivity contribution in [3.63, 3.8) is 0 Å². The van der Waals surface area contributed by atoms with Crippen molar-refractivity contribution >= 4 is 12.0 Å². The zero-order valence-electron chi connectivity index (χ0n) is 19.3. The number of fused-ring (bicyclic) bond motifs is 1. The summed E-state index contributed by atoms with van der Waals surface area (Å²) >= 11 is 0. The Morgan fingerprint density at radius 3 is 2.23 bits per heavy atom. The first-order valence-electron chi connectivity index (χ1n) is 11.3. The van der Waals surface area contributed by atoms with E-state index in [0.717, 1.165) is 6.42 Å². The van der Waals surface area contributed by atoms with E-state index in [2.05, 4.69) is 46.8 Å². The fourth-order valence-electron chi connectivity index (χ4n) is 4.42. The molecule has 1 aliphatic rings. The number of hydrogen-bond acceptors (Lipinski definition) is 2. The molecule has 0 aliphatic heterocycles. The lowest BCUT2D eigenvalue weighted by Gasteiger charge is -2.42. The Labute approximate surface area is 182 Å². The van der Waals surface area contributed by atoms with Gasteiger partial charge in [0.05, 0.1) is 11.8 Å². The average Bonchev–Trinajstić information content (AvgIpc) is 2.72. The highest BCUT2D eigenvalue weighted by Crippen LogP contribution is 2.46. The smallest absolute Gasteiger partial charge is 0.342 e. The van der Waals surface area contributed by atoms with Gasteiger partial charge in [0.2, 0.25) is 0 Å². The van der Waals surface area contributed by atoms with Crippen LogP contribution >= 0.6 is 0 Å². The van der Waals surface area contributed by atoms with E-state index in [-0.39, 0.29) is 16.8 Å². The van der Waals surface area contributed by atoms with Crippen molar-refractivity contribution in [1.82, 2.24) is 0 Å². The largest absolute Gasteiger partial charge is 0.431 e. The van der Waals surface area contributed by atoms with Crippen molar-refractivity contribution in [2.45, 2.75) is 84.0 Å². The van der Waals surface area contributed by atoms with Gasteiger partial charge in [-0.2, -0.15) is 0 Å². The van der Waals surface area contributed by atoms with E-state index in [9.17, 15) is 4.79 Å². The summed E-state index contributed by atoms with van der Waals surface area (Å²) in [6.45, 7) is 11.7. The molecule has 0 unspecified atom stereocenters. The molecule has 0 N–H and O–H groups in total. The van der Waals surface area contributed by atoms with Crippen LogP contribution in [0.3, 0.4) is 0 Å². The van der Waals surface area contributed by atoms with Gasteiger partial charge in [0.15, 0.2) is 0 Å². The van der Waals surface area contributed by atoms with E-state index in [1.807, 2.05) is 24.3 Å². The molecule has 0 heterocycles. The first-order chi connectivity index (χ1) is 14.2. The van der Waals surface area contributed by atoms with Crippen LogP contribution in [-0.2, 0) is 22.0 Å². The molecule has 2 aromatic rings. The van der Waals surface area contributed by atoms with Crippen molar-refractivity contribution in [3.8, 4) is 0 Å². The molecule has 0 saturated heterocycles. The first-order valence-corrected chi connectivity index (χ1v) is 11.3. The topological polar surface area (TPSA) is 26.3 Å². The van der Waals surface area contributed by atoms with E-state index in [1.165, 1.54) is 54.4 Å². The number of carbonyl (C=O) groups excluding carboxylic acids is 1. The zero-order chi connectivity index (χ0) is 21.8. The number of benzene rings is 2. The van der Waals surface area contributed by atoms with Gasteiger partial charge in [-0.3, -0.25) is 0 Å². The molecule has 2 nitrogen and oxygen atoms in total. The van der Waals surface area contributed by atoms with Gasteiger partial charge in [-0.05, 0) is 77.0 Å². The van der Waals surface area contributed by atoms with Gasteiger partial charge in [-0.25, -0.2) is 4.79 Å². The quantitative estimate of drug-likeness (QED) is 0.270. The molecule has 0 amide bonds. The maximum atomic E-state index is 12.3. The molecule has 0 bridgehead atoms. The molecular formula is C28H36O2. The molecular weight excluding hydrogens is 368 g/mol. The minimum absolute atomic E-state index is 0.163. The lowest BCUT2D eigenvalue weighted by atomic mass is 9.62. The zero-order valence-corrected chi connectivity index (χ0v) is 19.3. The van der Waals surface area contributed by atoms with Crippen LogP contribution in [-0.4, -0.2) is 5.97 Å². The Balaban J connectivity index is 1.92. The van der Waals surface area contributed by atoms with Gasteiger partial charge >= 0.3 is 5.97 Å². The van der Waals surface area contributed by atoms with Crippen molar-refractivity contribution in [3.05, 3.63) is 76.5 Å².